The first-order valence-electron chi connectivity index (χ1n) is 6.59. The predicted octanol–water partition coefficient (Wildman–Crippen LogP) is 1.82. The maximum absolute atomic E-state index is 14.0. The molecule has 3 atom stereocenters. The standard InChI is InChI=1S/C13H16BrFN2O2S/c1-8-11-6-16-5-9(11)7-17(8)20(18,19)13-3-2-10(14)4-12(13)15/h2-4,8-9,11,16H,5-7H2,1H3. The van der Waals surface area contributed by atoms with Crippen LogP contribution in [0.2, 0.25) is 0 Å². The number of benzene rings is 1. The summed E-state index contributed by atoms with van der Waals surface area (Å²) in [6.45, 7) is 4.05. The summed E-state index contributed by atoms with van der Waals surface area (Å²) in [5.41, 5.74) is 0. The average Bonchev–Trinajstić information content (AvgIpc) is 2.92. The van der Waals surface area contributed by atoms with Crippen molar-refractivity contribution in [3.8, 4) is 0 Å². The molecule has 0 spiro atoms. The fourth-order valence-corrected chi connectivity index (χ4v) is 5.37. The van der Waals surface area contributed by atoms with Gasteiger partial charge in [-0.3, -0.25) is 0 Å². The second-order valence-corrected chi connectivity index (χ2v) is 8.25. The Labute approximate surface area is 126 Å². The van der Waals surface area contributed by atoms with Gasteiger partial charge >= 0.3 is 0 Å². The monoisotopic (exact) mass is 362 g/mol. The number of nitrogens with one attached hydrogen (secondary N) is 1. The Morgan fingerprint density at radius 3 is 2.80 bits per heavy atom. The van der Waals surface area contributed by atoms with Gasteiger partial charge in [-0.1, -0.05) is 15.9 Å². The Morgan fingerprint density at radius 2 is 2.15 bits per heavy atom. The molecule has 0 bridgehead atoms. The van der Waals surface area contributed by atoms with Crippen LogP contribution in [0.5, 0.6) is 0 Å². The minimum absolute atomic E-state index is 0.0944. The van der Waals surface area contributed by atoms with Gasteiger partial charge < -0.3 is 5.32 Å². The highest BCUT2D eigenvalue weighted by molar-refractivity contribution is 9.10. The molecule has 1 N–H and O–H groups in total. The summed E-state index contributed by atoms with van der Waals surface area (Å²) >= 11 is 3.14. The Hall–Kier alpha value is -0.500. The number of sulfonamides is 1. The van der Waals surface area contributed by atoms with Crippen LogP contribution < -0.4 is 5.32 Å². The van der Waals surface area contributed by atoms with Crippen LogP contribution in [0.25, 0.3) is 0 Å². The predicted molar refractivity (Wildman–Crippen MR) is 77.3 cm³/mol. The summed E-state index contributed by atoms with van der Waals surface area (Å²) < 4.78 is 41.3. The van der Waals surface area contributed by atoms with Gasteiger partial charge in [-0.25, -0.2) is 12.8 Å². The Morgan fingerprint density at radius 1 is 1.40 bits per heavy atom. The van der Waals surface area contributed by atoms with E-state index in [2.05, 4.69) is 21.2 Å². The second kappa shape index (κ2) is 5.05. The van der Waals surface area contributed by atoms with Crippen molar-refractivity contribution in [3.63, 3.8) is 0 Å². The number of hydrogen-bond acceptors (Lipinski definition) is 3. The van der Waals surface area contributed by atoms with Crippen molar-refractivity contribution in [2.75, 3.05) is 19.6 Å². The molecule has 7 heteroatoms. The van der Waals surface area contributed by atoms with Crippen LogP contribution in [0.15, 0.2) is 27.6 Å². The summed E-state index contributed by atoms with van der Waals surface area (Å²) in [4.78, 5) is -0.236. The molecule has 2 aliphatic heterocycles. The Balaban J connectivity index is 1.96. The molecule has 110 valence electrons. The van der Waals surface area contributed by atoms with Crippen molar-refractivity contribution in [2.45, 2.75) is 17.9 Å². The van der Waals surface area contributed by atoms with Crippen LogP contribution in [0.4, 0.5) is 4.39 Å². The van der Waals surface area contributed by atoms with Crippen molar-refractivity contribution >= 4 is 26.0 Å². The Kier molecular flexibility index (Phi) is 3.64. The Bertz CT molecular complexity index is 637. The van der Waals surface area contributed by atoms with Crippen LogP contribution in [-0.2, 0) is 10.0 Å². The minimum atomic E-state index is -3.77. The molecule has 3 rings (SSSR count). The molecule has 0 aromatic heterocycles. The lowest BCUT2D eigenvalue weighted by atomic mass is 9.95. The normalized spacial score (nSPS) is 30.6. The molecular formula is C13H16BrFN2O2S. The van der Waals surface area contributed by atoms with Crippen molar-refractivity contribution in [1.82, 2.24) is 9.62 Å². The van der Waals surface area contributed by atoms with Gasteiger partial charge in [-0.2, -0.15) is 4.31 Å². The second-order valence-electron chi connectivity index (χ2n) is 5.47. The molecule has 0 amide bonds. The van der Waals surface area contributed by atoms with Crippen molar-refractivity contribution in [3.05, 3.63) is 28.5 Å². The van der Waals surface area contributed by atoms with E-state index >= 15 is 0 Å². The van der Waals surface area contributed by atoms with E-state index < -0.39 is 15.8 Å². The van der Waals surface area contributed by atoms with Crippen molar-refractivity contribution < 1.29 is 12.8 Å². The lowest BCUT2D eigenvalue weighted by Crippen LogP contribution is -2.38. The summed E-state index contributed by atoms with van der Waals surface area (Å²) in [5.74, 6) is -0.0525. The van der Waals surface area contributed by atoms with E-state index in [1.807, 2.05) is 6.92 Å². The highest BCUT2D eigenvalue weighted by atomic mass is 79.9. The van der Waals surface area contributed by atoms with Crippen molar-refractivity contribution in [2.24, 2.45) is 11.8 Å². The maximum Gasteiger partial charge on any atom is 0.246 e. The number of rotatable bonds is 2. The van der Waals surface area contributed by atoms with E-state index in [1.165, 1.54) is 16.4 Å². The highest BCUT2D eigenvalue weighted by Crippen LogP contribution is 2.36. The molecule has 1 aromatic carbocycles. The SMILES string of the molecule is CC1C2CNCC2CN1S(=O)(=O)c1ccc(Br)cc1F. The first-order chi connectivity index (χ1) is 9.41. The van der Waals surface area contributed by atoms with E-state index in [9.17, 15) is 12.8 Å². The number of hydrogen-bond donors (Lipinski definition) is 1. The van der Waals surface area contributed by atoms with Gasteiger partial charge in [0.15, 0.2) is 0 Å². The molecule has 0 aliphatic carbocycles. The smallest absolute Gasteiger partial charge is 0.246 e. The highest BCUT2D eigenvalue weighted by Gasteiger charge is 2.47. The van der Waals surface area contributed by atoms with Gasteiger partial charge in [-0.15, -0.1) is 0 Å². The molecule has 20 heavy (non-hydrogen) atoms. The van der Waals surface area contributed by atoms with E-state index in [-0.39, 0.29) is 10.9 Å². The number of nitrogens with zero attached hydrogens (tertiary/aromatic N) is 1. The van der Waals surface area contributed by atoms with Gasteiger partial charge in [0.25, 0.3) is 0 Å². The first-order valence-corrected chi connectivity index (χ1v) is 8.82. The van der Waals surface area contributed by atoms with Crippen LogP contribution in [0.1, 0.15) is 6.92 Å². The third-order valence-electron chi connectivity index (χ3n) is 4.36. The lowest BCUT2D eigenvalue weighted by Gasteiger charge is -2.24. The zero-order valence-electron chi connectivity index (χ0n) is 11.0. The third-order valence-corrected chi connectivity index (χ3v) is 6.84. The van der Waals surface area contributed by atoms with Gasteiger partial charge in [0.05, 0.1) is 0 Å². The maximum atomic E-state index is 14.0. The topological polar surface area (TPSA) is 49.4 Å². The summed E-state index contributed by atoms with van der Waals surface area (Å²) in [6, 6.07) is 3.98. The molecule has 2 fully saturated rings. The quantitative estimate of drug-likeness (QED) is 0.872. The number of fused-ring (bicyclic) bond motifs is 1. The zero-order chi connectivity index (χ0) is 14.5. The molecule has 1 aromatic rings. The van der Waals surface area contributed by atoms with Crippen LogP contribution in [0.3, 0.4) is 0 Å². The molecule has 0 saturated carbocycles. The molecule has 3 unspecified atom stereocenters. The van der Waals surface area contributed by atoms with E-state index in [4.69, 9.17) is 0 Å². The molecule has 0 radical (unpaired) electrons. The lowest BCUT2D eigenvalue weighted by molar-refractivity contribution is 0.358. The zero-order valence-corrected chi connectivity index (χ0v) is 13.4. The fraction of sp³-hybridized carbons (Fsp3) is 0.538. The molecule has 2 saturated heterocycles. The van der Waals surface area contributed by atoms with Crippen molar-refractivity contribution in [1.29, 1.82) is 0 Å². The molecule has 2 heterocycles. The summed E-state index contributed by atoms with van der Waals surface area (Å²) in [7, 11) is -3.77. The van der Waals surface area contributed by atoms with Crippen LogP contribution in [0, 0.1) is 17.7 Å². The summed E-state index contributed by atoms with van der Waals surface area (Å²) in [6.07, 6.45) is 0. The largest absolute Gasteiger partial charge is 0.316 e. The molecule has 2 aliphatic rings. The van der Waals surface area contributed by atoms with Gasteiger partial charge in [0.2, 0.25) is 10.0 Å². The van der Waals surface area contributed by atoms with Gasteiger partial charge in [-0.05, 0) is 50.0 Å². The third kappa shape index (κ3) is 2.20. The summed E-state index contributed by atoms with van der Waals surface area (Å²) in [5, 5.41) is 3.28. The average molecular weight is 363 g/mol. The fourth-order valence-electron chi connectivity index (χ4n) is 3.26. The minimum Gasteiger partial charge on any atom is -0.316 e. The van der Waals surface area contributed by atoms with E-state index in [1.54, 1.807) is 6.07 Å². The number of halogens is 2. The first kappa shape index (κ1) is 14.4. The van der Waals surface area contributed by atoms with Crippen LogP contribution >= 0.6 is 15.9 Å². The molecular weight excluding hydrogens is 347 g/mol. The molecule has 4 nitrogen and oxygen atoms in total. The van der Waals surface area contributed by atoms with E-state index in [0.29, 0.717) is 22.9 Å². The van der Waals surface area contributed by atoms with Gasteiger partial charge in [0.1, 0.15) is 10.7 Å². The van der Waals surface area contributed by atoms with Crippen LogP contribution in [-0.4, -0.2) is 38.4 Å². The van der Waals surface area contributed by atoms with E-state index in [0.717, 1.165) is 13.1 Å². The van der Waals surface area contributed by atoms with Gasteiger partial charge in [0, 0.05) is 17.1 Å².